The highest BCUT2D eigenvalue weighted by molar-refractivity contribution is 5.98. The Balaban J connectivity index is 1.69. The van der Waals surface area contributed by atoms with E-state index in [-0.39, 0.29) is 12.3 Å². The van der Waals surface area contributed by atoms with Crippen LogP contribution in [0.5, 0.6) is 5.75 Å². The van der Waals surface area contributed by atoms with Gasteiger partial charge in [-0.15, -0.1) is 0 Å². The maximum absolute atomic E-state index is 12.8. The largest absolute Gasteiger partial charge is 0.489 e. The van der Waals surface area contributed by atoms with E-state index < -0.39 is 17.9 Å². The molecule has 0 spiro atoms. The minimum absolute atomic E-state index is 0.229. The van der Waals surface area contributed by atoms with Crippen LogP contribution in [0.4, 0.5) is 5.69 Å². The molecule has 0 aliphatic heterocycles. The van der Waals surface area contributed by atoms with Gasteiger partial charge in [-0.2, -0.15) is 0 Å². The van der Waals surface area contributed by atoms with Gasteiger partial charge in [0, 0.05) is 24.6 Å². The zero-order chi connectivity index (χ0) is 23.6. The molecule has 7 nitrogen and oxygen atoms in total. The summed E-state index contributed by atoms with van der Waals surface area (Å²) in [5.41, 5.74) is 2.66. The van der Waals surface area contributed by atoms with E-state index in [2.05, 4.69) is 10.6 Å². The Morgan fingerprint density at radius 1 is 0.879 bits per heavy atom. The van der Waals surface area contributed by atoms with Gasteiger partial charge in [-0.05, 0) is 41.5 Å². The third kappa shape index (κ3) is 7.21. The lowest BCUT2D eigenvalue weighted by Gasteiger charge is -2.17. The van der Waals surface area contributed by atoms with Crippen LogP contribution in [-0.4, -0.2) is 30.9 Å². The number of anilines is 1. The van der Waals surface area contributed by atoms with E-state index in [1.807, 2.05) is 54.6 Å². The second-order valence-corrected chi connectivity index (χ2v) is 7.44. The minimum Gasteiger partial charge on any atom is -0.489 e. The molecule has 2 N–H and O–H groups in total. The van der Waals surface area contributed by atoms with Gasteiger partial charge in [0.25, 0.3) is 5.91 Å². The molecule has 0 aromatic heterocycles. The van der Waals surface area contributed by atoms with Crippen LogP contribution in [0.15, 0.2) is 78.9 Å². The number of carbonyl (C=O) groups is 3. The maximum Gasteiger partial charge on any atom is 0.328 e. The van der Waals surface area contributed by atoms with Gasteiger partial charge in [-0.25, -0.2) is 4.79 Å². The molecular weight excluding hydrogens is 420 g/mol. The fourth-order valence-corrected chi connectivity index (χ4v) is 3.26. The molecule has 3 aromatic carbocycles. The Morgan fingerprint density at radius 3 is 2.33 bits per heavy atom. The van der Waals surface area contributed by atoms with Crippen molar-refractivity contribution in [1.82, 2.24) is 5.32 Å². The number of rotatable bonds is 9. The quantitative estimate of drug-likeness (QED) is 0.489. The van der Waals surface area contributed by atoms with Gasteiger partial charge in [-0.1, -0.05) is 48.5 Å². The van der Waals surface area contributed by atoms with Crippen LogP contribution in [0, 0.1) is 0 Å². The molecule has 7 heteroatoms. The van der Waals surface area contributed by atoms with Crippen molar-refractivity contribution in [3.8, 4) is 5.75 Å². The van der Waals surface area contributed by atoms with Gasteiger partial charge in [0.15, 0.2) is 0 Å². The van der Waals surface area contributed by atoms with E-state index in [1.165, 1.54) is 14.0 Å². The van der Waals surface area contributed by atoms with Gasteiger partial charge < -0.3 is 20.1 Å². The molecule has 0 bridgehead atoms. The molecule has 1 atom stereocenters. The van der Waals surface area contributed by atoms with Crippen molar-refractivity contribution in [3.05, 3.63) is 95.6 Å². The summed E-state index contributed by atoms with van der Waals surface area (Å²) in [6, 6.07) is 22.8. The molecule has 33 heavy (non-hydrogen) atoms. The number of nitrogens with one attached hydrogen (secondary N) is 2. The van der Waals surface area contributed by atoms with Crippen molar-refractivity contribution in [1.29, 1.82) is 0 Å². The van der Waals surface area contributed by atoms with Crippen molar-refractivity contribution < 1.29 is 23.9 Å². The van der Waals surface area contributed by atoms with Gasteiger partial charge in [0.2, 0.25) is 5.91 Å². The number of carbonyl (C=O) groups excluding carboxylic acids is 3. The lowest BCUT2D eigenvalue weighted by atomic mass is 10.0. The zero-order valence-electron chi connectivity index (χ0n) is 18.5. The molecule has 3 aromatic rings. The van der Waals surface area contributed by atoms with E-state index >= 15 is 0 Å². The lowest BCUT2D eigenvalue weighted by Crippen LogP contribution is -2.43. The van der Waals surface area contributed by atoms with Crippen LogP contribution < -0.4 is 15.4 Å². The first-order valence-electron chi connectivity index (χ1n) is 10.5. The molecule has 2 amide bonds. The molecule has 3 rings (SSSR count). The van der Waals surface area contributed by atoms with Crippen molar-refractivity contribution in [2.24, 2.45) is 0 Å². The highest BCUT2D eigenvalue weighted by Gasteiger charge is 2.23. The topological polar surface area (TPSA) is 93.7 Å². The predicted octanol–water partition coefficient (Wildman–Crippen LogP) is 3.74. The molecule has 170 valence electrons. The number of benzene rings is 3. The van der Waals surface area contributed by atoms with E-state index in [0.717, 1.165) is 11.1 Å². The Bertz CT molecular complexity index is 1110. The van der Waals surface area contributed by atoms with Gasteiger partial charge in [-0.3, -0.25) is 9.59 Å². The van der Waals surface area contributed by atoms with E-state index in [1.54, 1.807) is 24.3 Å². The van der Waals surface area contributed by atoms with E-state index in [9.17, 15) is 14.4 Å². The Hall–Kier alpha value is -4.13. The number of amides is 2. The lowest BCUT2D eigenvalue weighted by molar-refractivity contribution is -0.142. The molecule has 0 fully saturated rings. The van der Waals surface area contributed by atoms with Gasteiger partial charge in [0.05, 0.1) is 7.11 Å². The van der Waals surface area contributed by atoms with Crippen molar-refractivity contribution in [2.75, 3.05) is 12.4 Å². The number of esters is 1. The fraction of sp³-hybridized carbons (Fsp3) is 0.192. The van der Waals surface area contributed by atoms with E-state index in [0.29, 0.717) is 23.6 Å². The summed E-state index contributed by atoms with van der Waals surface area (Å²) < 4.78 is 10.7. The van der Waals surface area contributed by atoms with Crippen LogP contribution in [0.25, 0.3) is 0 Å². The van der Waals surface area contributed by atoms with Crippen LogP contribution in [-0.2, 0) is 27.4 Å². The summed E-state index contributed by atoms with van der Waals surface area (Å²) >= 11 is 0. The molecule has 0 saturated carbocycles. The summed E-state index contributed by atoms with van der Waals surface area (Å²) in [7, 11) is 1.28. The first-order valence-corrected chi connectivity index (χ1v) is 10.5. The average Bonchev–Trinajstić information content (AvgIpc) is 2.82. The van der Waals surface area contributed by atoms with Gasteiger partial charge in [0.1, 0.15) is 18.4 Å². The van der Waals surface area contributed by atoms with Crippen LogP contribution >= 0.6 is 0 Å². The van der Waals surface area contributed by atoms with Crippen LogP contribution in [0.2, 0.25) is 0 Å². The Morgan fingerprint density at radius 2 is 1.61 bits per heavy atom. The molecule has 0 unspecified atom stereocenters. The summed E-state index contributed by atoms with van der Waals surface area (Å²) in [6.07, 6.45) is 0.229. The molecule has 0 aliphatic rings. The number of hydrogen-bond acceptors (Lipinski definition) is 5. The second kappa shape index (κ2) is 11.5. The highest BCUT2D eigenvalue weighted by Crippen LogP contribution is 2.17. The Kier molecular flexibility index (Phi) is 8.18. The van der Waals surface area contributed by atoms with Crippen LogP contribution in [0.1, 0.15) is 28.4 Å². The Labute approximate surface area is 192 Å². The number of hydrogen-bond donors (Lipinski definition) is 2. The standard InChI is InChI=1S/C26H26N2O5/c1-18(29)27-22-12-7-11-21(16-22)25(30)28-24(26(31)32-2)15-20-10-6-13-23(14-20)33-17-19-8-4-3-5-9-19/h3-14,16,24H,15,17H2,1-2H3,(H,27,29)(H,28,30)/t24-/m0/s1. The van der Waals surface area contributed by atoms with Crippen molar-refractivity contribution >= 4 is 23.5 Å². The average molecular weight is 447 g/mol. The summed E-state index contributed by atoms with van der Waals surface area (Å²) in [4.78, 5) is 36.4. The first kappa shape index (κ1) is 23.5. The number of ether oxygens (including phenoxy) is 2. The van der Waals surface area contributed by atoms with Crippen LogP contribution in [0.3, 0.4) is 0 Å². The first-order chi connectivity index (χ1) is 15.9. The smallest absolute Gasteiger partial charge is 0.328 e. The summed E-state index contributed by atoms with van der Waals surface area (Å²) in [6.45, 7) is 1.81. The zero-order valence-corrected chi connectivity index (χ0v) is 18.5. The van der Waals surface area contributed by atoms with Crippen molar-refractivity contribution in [3.63, 3.8) is 0 Å². The highest BCUT2D eigenvalue weighted by atomic mass is 16.5. The number of methoxy groups -OCH3 is 1. The minimum atomic E-state index is -0.892. The molecule has 0 aliphatic carbocycles. The van der Waals surface area contributed by atoms with Gasteiger partial charge >= 0.3 is 5.97 Å². The van der Waals surface area contributed by atoms with E-state index in [4.69, 9.17) is 9.47 Å². The SMILES string of the molecule is COC(=O)[C@H](Cc1cccc(OCc2ccccc2)c1)NC(=O)c1cccc(NC(C)=O)c1. The third-order valence-electron chi connectivity index (χ3n) is 4.82. The molecule has 0 radical (unpaired) electrons. The third-order valence-corrected chi connectivity index (χ3v) is 4.82. The predicted molar refractivity (Wildman–Crippen MR) is 125 cm³/mol. The normalized spacial score (nSPS) is 11.2. The molecular formula is C26H26N2O5. The summed E-state index contributed by atoms with van der Waals surface area (Å²) in [5.74, 6) is -0.588. The summed E-state index contributed by atoms with van der Waals surface area (Å²) in [5, 5.41) is 5.36. The van der Waals surface area contributed by atoms with Crippen molar-refractivity contribution in [2.45, 2.75) is 26.0 Å². The monoisotopic (exact) mass is 446 g/mol. The molecule has 0 heterocycles. The second-order valence-electron chi connectivity index (χ2n) is 7.44. The maximum atomic E-state index is 12.8. The molecule has 0 saturated heterocycles. The fourth-order valence-electron chi connectivity index (χ4n) is 3.26.